The van der Waals surface area contributed by atoms with Crippen molar-refractivity contribution in [2.45, 2.75) is 19.4 Å². The van der Waals surface area contributed by atoms with Crippen LogP contribution in [0, 0.1) is 0 Å². The average molecular weight is 190 g/mol. The maximum Gasteiger partial charge on any atom is 0.338 e. The van der Waals surface area contributed by atoms with E-state index >= 15 is 0 Å². The van der Waals surface area contributed by atoms with Gasteiger partial charge in [-0.25, -0.2) is 4.79 Å². The summed E-state index contributed by atoms with van der Waals surface area (Å²) in [5.41, 5.74) is 0.577. The molecule has 1 atom stereocenters. The Morgan fingerprint density at radius 3 is 2.64 bits per heavy atom. The molecule has 1 unspecified atom stereocenters. The van der Waals surface area contributed by atoms with E-state index in [4.69, 9.17) is 4.74 Å². The minimum atomic E-state index is -0.294. The number of carbonyl (C=O) groups is 1. The molecule has 0 spiro atoms. The number of rotatable bonds is 4. The predicted molar refractivity (Wildman–Crippen MR) is 56.1 cm³/mol. The molecule has 0 aliphatic heterocycles. The Bertz CT molecular complexity index is 303. The van der Waals surface area contributed by atoms with Crippen molar-refractivity contribution in [3.63, 3.8) is 0 Å². The van der Waals surface area contributed by atoms with Gasteiger partial charge in [-0.15, -0.1) is 0 Å². The zero-order chi connectivity index (χ0) is 10.4. The van der Waals surface area contributed by atoms with E-state index in [1.807, 2.05) is 25.1 Å². The summed E-state index contributed by atoms with van der Waals surface area (Å²) in [6.07, 6.45) is 2.20. The number of esters is 1. The largest absolute Gasteiger partial charge is 0.455 e. The van der Waals surface area contributed by atoms with Gasteiger partial charge < -0.3 is 4.74 Å². The predicted octanol–water partition coefficient (Wildman–Crippen LogP) is 2.81. The lowest BCUT2D eigenvalue weighted by Crippen LogP contribution is -2.14. The van der Waals surface area contributed by atoms with Crippen molar-refractivity contribution in [3.8, 4) is 0 Å². The molecule has 1 rings (SSSR count). The first-order valence-electron chi connectivity index (χ1n) is 4.66. The first-order chi connectivity index (χ1) is 6.77. The molecule has 0 aliphatic rings. The van der Waals surface area contributed by atoms with Gasteiger partial charge in [0, 0.05) is 0 Å². The summed E-state index contributed by atoms with van der Waals surface area (Å²) >= 11 is 0. The van der Waals surface area contributed by atoms with Crippen LogP contribution in [0.2, 0.25) is 0 Å². The molecule has 0 aromatic heterocycles. The standard InChI is InChI=1S/C12H14O2/c1-3-11(4-2)14-12(13)10-8-6-5-7-9-10/h3,5-9,11H,1,4H2,2H3. The molecular formula is C12H14O2. The average Bonchev–Trinajstić information content (AvgIpc) is 2.26. The summed E-state index contributed by atoms with van der Waals surface area (Å²) < 4.78 is 5.18. The molecule has 0 amide bonds. The first kappa shape index (κ1) is 10.5. The molecule has 0 N–H and O–H groups in total. The Balaban J connectivity index is 2.63. The quantitative estimate of drug-likeness (QED) is 0.539. The highest BCUT2D eigenvalue weighted by Gasteiger charge is 2.10. The van der Waals surface area contributed by atoms with Crippen LogP contribution in [0.4, 0.5) is 0 Å². The Hall–Kier alpha value is -1.57. The second-order valence-corrected chi connectivity index (χ2v) is 2.95. The molecule has 0 saturated heterocycles. The molecule has 2 nitrogen and oxygen atoms in total. The van der Waals surface area contributed by atoms with Crippen LogP contribution in [0.3, 0.4) is 0 Å². The van der Waals surface area contributed by atoms with E-state index in [0.717, 1.165) is 6.42 Å². The number of hydrogen-bond acceptors (Lipinski definition) is 2. The SMILES string of the molecule is C=CC(CC)OC(=O)c1ccccc1. The topological polar surface area (TPSA) is 26.3 Å². The molecule has 0 fully saturated rings. The third-order valence-corrected chi connectivity index (χ3v) is 1.93. The molecule has 0 bridgehead atoms. The molecule has 74 valence electrons. The van der Waals surface area contributed by atoms with E-state index in [2.05, 4.69) is 6.58 Å². The van der Waals surface area contributed by atoms with Crippen molar-refractivity contribution < 1.29 is 9.53 Å². The highest BCUT2D eigenvalue weighted by Crippen LogP contribution is 2.06. The van der Waals surface area contributed by atoms with Crippen LogP contribution < -0.4 is 0 Å². The van der Waals surface area contributed by atoms with Gasteiger partial charge in [0.1, 0.15) is 6.10 Å². The van der Waals surface area contributed by atoms with Crippen molar-refractivity contribution in [2.24, 2.45) is 0 Å². The zero-order valence-corrected chi connectivity index (χ0v) is 8.27. The van der Waals surface area contributed by atoms with Gasteiger partial charge in [-0.3, -0.25) is 0 Å². The molecule has 0 heterocycles. The maximum atomic E-state index is 11.5. The molecule has 0 aliphatic carbocycles. The smallest absolute Gasteiger partial charge is 0.338 e. The summed E-state index contributed by atoms with van der Waals surface area (Å²) in [5.74, 6) is -0.294. The second-order valence-electron chi connectivity index (χ2n) is 2.95. The summed E-state index contributed by atoms with van der Waals surface area (Å²) in [4.78, 5) is 11.5. The Labute approximate surface area is 84.2 Å². The Morgan fingerprint density at radius 2 is 2.14 bits per heavy atom. The minimum absolute atomic E-state index is 0.192. The Kier molecular flexibility index (Phi) is 3.92. The van der Waals surface area contributed by atoms with Crippen molar-refractivity contribution in [1.82, 2.24) is 0 Å². The molecule has 0 radical (unpaired) electrons. The van der Waals surface area contributed by atoms with Crippen molar-refractivity contribution >= 4 is 5.97 Å². The fourth-order valence-electron chi connectivity index (χ4n) is 1.08. The number of carbonyl (C=O) groups excluding carboxylic acids is 1. The van der Waals surface area contributed by atoms with Gasteiger partial charge in [0.2, 0.25) is 0 Å². The van der Waals surface area contributed by atoms with Gasteiger partial charge in [0.15, 0.2) is 0 Å². The number of hydrogen-bond donors (Lipinski definition) is 0. The third-order valence-electron chi connectivity index (χ3n) is 1.93. The molecule has 14 heavy (non-hydrogen) atoms. The van der Waals surface area contributed by atoms with Gasteiger partial charge in [-0.2, -0.15) is 0 Å². The van der Waals surface area contributed by atoms with Gasteiger partial charge in [-0.1, -0.05) is 37.8 Å². The van der Waals surface area contributed by atoms with Crippen LogP contribution in [0.25, 0.3) is 0 Å². The van der Waals surface area contributed by atoms with Crippen LogP contribution in [0.15, 0.2) is 43.0 Å². The van der Waals surface area contributed by atoms with Crippen LogP contribution in [-0.4, -0.2) is 12.1 Å². The van der Waals surface area contributed by atoms with E-state index in [0.29, 0.717) is 5.56 Å². The summed E-state index contributed by atoms with van der Waals surface area (Å²) in [5, 5.41) is 0. The second kappa shape index (κ2) is 5.22. The van der Waals surface area contributed by atoms with Gasteiger partial charge in [0.25, 0.3) is 0 Å². The normalized spacial score (nSPS) is 11.8. The van der Waals surface area contributed by atoms with Gasteiger partial charge in [0.05, 0.1) is 5.56 Å². The van der Waals surface area contributed by atoms with Crippen LogP contribution in [-0.2, 0) is 4.74 Å². The van der Waals surface area contributed by atoms with Crippen LogP contribution >= 0.6 is 0 Å². The third kappa shape index (κ3) is 2.73. The fourth-order valence-corrected chi connectivity index (χ4v) is 1.08. The van der Waals surface area contributed by atoms with Gasteiger partial charge in [-0.05, 0) is 18.6 Å². The van der Waals surface area contributed by atoms with Crippen LogP contribution in [0.5, 0.6) is 0 Å². The minimum Gasteiger partial charge on any atom is -0.455 e. The monoisotopic (exact) mass is 190 g/mol. The maximum absolute atomic E-state index is 11.5. The number of ether oxygens (including phenoxy) is 1. The number of benzene rings is 1. The molecule has 1 aromatic rings. The van der Waals surface area contributed by atoms with E-state index in [1.165, 1.54) is 0 Å². The molecule has 0 saturated carbocycles. The van der Waals surface area contributed by atoms with E-state index in [9.17, 15) is 4.79 Å². The van der Waals surface area contributed by atoms with Crippen molar-refractivity contribution in [3.05, 3.63) is 48.6 Å². The summed E-state index contributed by atoms with van der Waals surface area (Å²) in [6.45, 7) is 5.55. The molecule has 2 heteroatoms. The lowest BCUT2D eigenvalue weighted by molar-refractivity contribution is 0.0389. The lowest BCUT2D eigenvalue weighted by atomic mass is 10.2. The summed E-state index contributed by atoms with van der Waals surface area (Å²) in [6, 6.07) is 8.95. The highest BCUT2D eigenvalue weighted by molar-refractivity contribution is 5.89. The molecule has 1 aromatic carbocycles. The van der Waals surface area contributed by atoms with E-state index in [-0.39, 0.29) is 12.1 Å². The fraction of sp³-hybridized carbons (Fsp3) is 0.250. The first-order valence-corrected chi connectivity index (χ1v) is 4.66. The van der Waals surface area contributed by atoms with Crippen molar-refractivity contribution in [1.29, 1.82) is 0 Å². The van der Waals surface area contributed by atoms with Gasteiger partial charge >= 0.3 is 5.97 Å². The lowest BCUT2D eigenvalue weighted by Gasteiger charge is -2.11. The van der Waals surface area contributed by atoms with E-state index < -0.39 is 0 Å². The highest BCUT2D eigenvalue weighted by atomic mass is 16.5. The van der Waals surface area contributed by atoms with Crippen molar-refractivity contribution in [2.75, 3.05) is 0 Å². The van der Waals surface area contributed by atoms with E-state index in [1.54, 1.807) is 18.2 Å². The zero-order valence-electron chi connectivity index (χ0n) is 8.27. The summed E-state index contributed by atoms with van der Waals surface area (Å²) in [7, 11) is 0. The van der Waals surface area contributed by atoms with Crippen LogP contribution in [0.1, 0.15) is 23.7 Å². The Morgan fingerprint density at radius 1 is 1.50 bits per heavy atom. The molecular weight excluding hydrogens is 176 g/mol.